The molecular weight excluding hydrogens is 184 g/mol. The second-order valence-electron chi connectivity index (χ2n) is 2.51. The molecule has 0 rings (SSSR count). The highest BCUT2D eigenvalue weighted by molar-refractivity contribution is 5.72. The molecule has 0 spiro atoms. The number of aliphatic carboxylic acids is 1. The minimum Gasteiger partial charge on any atom is -0.479 e. The SMILES string of the molecule is O=C(O)[C@H](O)[C@@H](O)[C@H](O)[C@@H](O)CO. The molecule has 13 heavy (non-hydrogen) atoms. The van der Waals surface area contributed by atoms with E-state index in [0.717, 1.165) is 0 Å². The van der Waals surface area contributed by atoms with Gasteiger partial charge in [-0.2, -0.15) is 0 Å². The third kappa shape index (κ3) is 3.25. The summed E-state index contributed by atoms with van der Waals surface area (Å²) in [7, 11) is 0. The number of carboxylic acids is 1. The quantitative estimate of drug-likeness (QED) is 0.268. The zero-order chi connectivity index (χ0) is 10.6. The molecule has 0 radical (unpaired) electrons. The normalized spacial score (nSPS) is 20.4. The van der Waals surface area contributed by atoms with E-state index in [0.29, 0.717) is 0 Å². The van der Waals surface area contributed by atoms with Crippen LogP contribution in [0.2, 0.25) is 0 Å². The fraction of sp³-hybridized carbons (Fsp3) is 0.833. The van der Waals surface area contributed by atoms with Crippen molar-refractivity contribution < 1.29 is 35.4 Å². The van der Waals surface area contributed by atoms with Gasteiger partial charge in [-0.05, 0) is 0 Å². The number of carbonyl (C=O) groups is 1. The van der Waals surface area contributed by atoms with E-state index >= 15 is 0 Å². The highest BCUT2D eigenvalue weighted by atomic mass is 16.4. The average molecular weight is 196 g/mol. The van der Waals surface area contributed by atoms with Crippen molar-refractivity contribution in [2.45, 2.75) is 24.4 Å². The Labute approximate surface area is 73.5 Å². The molecule has 78 valence electrons. The van der Waals surface area contributed by atoms with Gasteiger partial charge < -0.3 is 30.6 Å². The van der Waals surface area contributed by atoms with Crippen molar-refractivity contribution in [1.82, 2.24) is 0 Å². The first-order valence-corrected chi connectivity index (χ1v) is 3.47. The molecule has 0 aliphatic rings. The van der Waals surface area contributed by atoms with Gasteiger partial charge in [-0.3, -0.25) is 0 Å². The highest BCUT2D eigenvalue weighted by Gasteiger charge is 2.33. The molecule has 0 bridgehead atoms. The molecule has 0 saturated carbocycles. The first-order valence-electron chi connectivity index (χ1n) is 3.47. The predicted octanol–water partition coefficient (Wildman–Crippen LogP) is -3.49. The zero-order valence-corrected chi connectivity index (χ0v) is 6.61. The second kappa shape index (κ2) is 5.10. The third-order valence-corrected chi connectivity index (χ3v) is 1.51. The Bertz CT molecular complexity index is 170. The van der Waals surface area contributed by atoms with Gasteiger partial charge in [0, 0.05) is 0 Å². The standard InChI is InChI=1S/C6H12O7/c7-1-2(8)3(9)4(10)5(11)6(12)13/h2-5,7-11H,1H2,(H,12,13)/t2-,3+,4-,5+/m0/s1. The molecule has 0 aliphatic heterocycles. The van der Waals surface area contributed by atoms with Gasteiger partial charge in [-0.1, -0.05) is 0 Å². The van der Waals surface area contributed by atoms with Crippen molar-refractivity contribution in [3.8, 4) is 0 Å². The first kappa shape index (κ1) is 12.3. The van der Waals surface area contributed by atoms with Gasteiger partial charge in [0.15, 0.2) is 6.10 Å². The molecule has 0 aromatic rings. The van der Waals surface area contributed by atoms with Gasteiger partial charge in [0.1, 0.15) is 18.3 Å². The van der Waals surface area contributed by atoms with E-state index in [1.165, 1.54) is 0 Å². The topological polar surface area (TPSA) is 138 Å². The molecule has 0 aliphatic carbocycles. The van der Waals surface area contributed by atoms with Crippen LogP contribution in [-0.2, 0) is 4.79 Å². The summed E-state index contributed by atoms with van der Waals surface area (Å²) in [6.45, 7) is -0.843. The number of rotatable bonds is 5. The van der Waals surface area contributed by atoms with Crippen LogP contribution in [0, 0.1) is 0 Å². The van der Waals surface area contributed by atoms with Crippen LogP contribution >= 0.6 is 0 Å². The first-order chi connectivity index (χ1) is 5.91. The second-order valence-corrected chi connectivity index (χ2v) is 2.51. The van der Waals surface area contributed by atoms with Crippen LogP contribution in [0.5, 0.6) is 0 Å². The number of aliphatic hydroxyl groups excluding tert-OH is 5. The Kier molecular flexibility index (Phi) is 4.81. The lowest BCUT2D eigenvalue weighted by molar-refractivity contribution is -0.164. The Hall–Kier alpha value is -0.730. The van der Waals surface area contributed by atoms with Gasteiger partial charge in [0.25, 0.3) is 0 Å². The molecule has 0 amide bonds. The number of hydrogen-bond acceptors (Lipinski definition) is 6. The molecule has 6 N–H and O–H groups in total. The zero-order valence-electron chi connectivity index (χ0n) is 6.61. The molecule has 0 saturated heterocycles. The molecule has 0 aromatic carbocycles. The van der Waals surface area contributed by atoms with Crippen LogP contribution in [0.15, 0.2) is 0 Å². The van der Waals surface area contributed by atoms with Crippen molar-refractivity contribution in [2.24, 2.45) is 0 Å². The molecule has 4 atom stereocenters. The summed E-state index contributed by atoms with van der Waals surface area (Å²) >= 11 is 0. The van der Waals surface area contributed by atoms with Gasteiger partial charge in [0.2, 0.25) is 0 Å². The summed E-state index contributed by atoms with van der Waals surface area (Å²) in [5.74, 6) is -1.73. The van der Waals surface area contributed by atoms with E-state index in [1.807, 2.05) is 0 Å². The summed E-state index contributed by atoms with van der Waals surface area (Å²) in [5.41, 5.74) is 0. The summed E-state index contributed by atoms with van der Waals surface area (Å²) < 4.78 is 0. The van der Waals surface area contributed by atoms with Crippen molar-refractivity contribution in [2.75, 3.05) is 6.61 Å². The lowest BCUT2D eigenvalue weighted by atomic mass is 10.0. The minimum absolute atomic E-state index is 0.843. The summed E-state index contributed by atoms with van der Waals surface area (Å²) in [6.07, 6.45) is -7.84. The highest BCUT2D eigenvalue weighted by Crippen LogP contribution is 2.04. The third-order valence-electron chi connectivity index (χ3n) is 1.51. The Morgan fingerprint density at radius 2 is 1.54 bits per heavy atom. The average Bonchev–Trinajstić information content (AvgIpc) is 2.12. The fourth-order valence-electron chi connectivity index (χ4n) is 0.668. The van der Waals surface area contributed by atoms with Crippen molar-refractivity contribution >= 4 is 5.97 Å². The number of carboxylic acid groups (broad SMARTS) is 1. The largest absolute Gasteiger partial charge is 0.479 e. The molecule has 0 heterocycles. The number of aliphatic hydroxyl groups is 5. The minimum atomic E-state index is -2.20. The molecule has 7 nitrogen and oxygen atoms in total. The van der Waals surface area contributed by atoms with Crippen molar-refractivity contribution in [3.05, 3.63) is 0 Å². The smallest absolute Gasteiger partial charge is 0.335 e. The van der Waals surface area contributed by atoms with Gasteiger partial charge in [-0.15, -0.1) is 0 Å². The van der Waals surface area contributed by atoms with Crippen LogP contribution in [-0.4, -0.2) is 67.6 Å². The van der Waals surface area contributed by atoms with E-state index in [4.69, 9.17) is 30.6 Å². The molecular formula is C6H12O7. The van der Waals surface area contributed by atoms with Crippen molar-refractivity contribution in [1.29, 1.82) is 0 Å². The predicted molar refractivity (Wildman–Crippen MR) is 38.7 cm³/mol. The maximum absolute atomic E-state index is 10.1. The van der Waals surface area contributed by atoms with E-state index < -0.39 is 37.0 Å². The molecule has 0 fully saturated rings. The van der Waals surface area contributed by atoms with E-state index in [-0.39, 0.29) is 0 Å². The van der Waals surface area contributed by atoms with E-state index in [9.17, 15) is 4.79 Å². The summed E-state index contributed by atoms with van der Waals surface area (Å²) in [6, 6.07) is 0. The maximum atomic E-state index is 10.1. The van der Waals surface area contributed by atoms with Crippen LogP contribution in [0.3, 0.4) is 0 Å². The van der Waals surface area contributed by atoms with Crippen LogP contribution < -0.4 is 0 Å². The summed E-state index contributed by atoms with van der Waals surface area (Å²) in [5, 5.41) is 51.8. The Balaban J connectivity index is 4.24. The van der Waals surface area contributed by atoms with Crippen LogP contribution in [0.4, 0.5) is 0 Å². The Morgan fingerprint density at radius 3 is 1.85 bits per heavy atom. The summed E-state index contributed by atoms with van der Waals surface area (Å²) in [4.78, 5) is 10.1. The van der Waals surface area contributed by atoms with Crippen LogP contribution in [0.1, 0.15) is 0 Å². The van der Waals surface area contributed by atoms with E-state index in [1.54, 1.807) is 0 Å². The van der Waals surface area contributed by atoms with Crippen LogP contribution in [0.25, 0.3) is 0 Å². The van der Waals surface area contributed by atoms with Crippen molar-refractivity contribution in [3.63, 3.8) is 0 Å². The molecule has 7 heteroatoms. The van der Waals surface area contributed by atoms with Gasteiger partial charge in [0.05, 0.1) is 6.61 Å². The molecule has 0 aromatic heterocycles. The van der Waals surface area contributed by atoms with Gasteiger partial charge >= 0.3 is 5.97 Å². The Morgan fingerprint density at radius 1 is 1.08 bits per heavy atom. The number of hydrogen-bond donors (Lipinski definition) is 6. The lowest BCUT2D eigenvalue weighted by Gasteiger charge is -2.23. The fourth-order valence-corrected chi connectivity index (χ4v) is 0.668. The van der Waals surface area contributed by atoms with E-state index in [2.05, 4.69) is 0 Å². The lowest BCUT2D eigenvalue weighted by Crippen LogP contribution is -2.48. The van der Waals surface area contributed by atoms with Gasteiger partial charge in [-0.25, -0.2) is 4.79 Å². The maximum Gasteiger partial charge on any atom is 0.335 e. The monoisotopic (exact) mass is 196 g/mol. The molecule has 0 unspecified atom stereocenters.